The summed E-state index contributed by atoms with van der Waals surface area (Å²) in [5.41, 5.74) is 4.62. The van der Waals surface area contributed by atoms with Gasteiger partial charge in [-0.2, -0.15) is 0 Å². The number of nitrogens with zero attached hydrogens (tertiary/aromatic N) is 1. The minimum atomic E-state index is 0.842. The van der Waals surface area contributed by atoms with Gasteiger partial charge in [-0.25, -0.2) is 10.8 Å². The lowest BCUT2D eigenvalue weighted by atomic mass is 10.2. The molecule has 0 unspecified atom stereocenters. The maximum absolute atomic E-state index is 5.39. The molecular formula is C11H13N3OS. The Morgan fingerprint density at radius 1 is 1.31 bits per heavy atom. The highest BCUT2D eigenvalue weighted by atomic mass is 32.1. The molecule has 4 nitrogen and oxygen atoms in total. The highest BCUT2D eigenvalue weighted by Gasteiger charge is 2.08. The number of hydrazine groups is 1. The van der Waals surface area contributed by atoms with Crippen molar-refractivity contribution in [2.24, 2.45) is 5.84 Å². The van der Waals surface area contributed by atoms with E-state index in [2.05, 4.69) is 10.4 Å². The van der Waals surface area contributed by atoms with Crippen molar-refractivity contribution in [2.45, 2.75) is 6.92 Å². The van der Waals surface area contributed by atoms with E-state index < -0.39 is 0 Å². The number of aromatic nitrogens is 1. The minimum absolute atomic E-state index is 0.842. The standard InChI is InChI=1S/C11H13N3OS/c1-7-10(14-12)16-11(13-7)8-3-5-9(15-2)6-4-8/h3-6,14H,12H2,1-2H3. The van der Waals surface area contributed by atoms with Gasteiger partial charge in [0.2, 0.25) is 0 Å². The van der Waals surface area contributed by atoms with E-state index in [1.165, 1.54) is 11.3 Å². The summed E-state index contributed by atoms with van der Waals surface area (Å²) in [6, 6.07) is 7.80. The Morgan fingerprint density at radius 2 is 2.00 bits per heavy atom. The maximum Gasteiger partial charge on any atom is 0.126 e. The molecule has 0 bridgehead atoms. The Morgan fingerprint density at radius 3 is 2.50 bits per heavy atom. The number of anilines is 1. The monoisotopic (exact) mass is 235 g/mol. The van der Waals surface area contributed by atoms with Crippen LogP contribution >= 0.6 is 11.3 Å². The van der Waals surface area contributed by atoms with Crippen molar-refractivity contribution in [3.63, 3.8) is 0 Å². The molecule has 3 N–H and O–H groups in total. The molecule has 0 aliphatic carbocycles. The summed E-state index contributed by atoms with van der Waals surface area (Å²) in [6.07, 6.45) is 0. The predicted octanol–water partition coefficient (Wildman–Crippen LogP) is 2.41. The van der Waals surface area contributed by atoms with E-state index >= 15 is 0 Å². The lowest BCUT2D eigenvalue weighted by molar-refractivity contribution is 0.415. The van der Waals surface area contributed by atoms with Crippen LogP contribution in [0.15, 0.2) is 24.3 Å². The number of nitrogens with two attached hydrogens (primary N) is 1. The summed E-state index contributed by atoms with van der Waals surface area (Å²) in [5.74, 6) is 6.23. The van der Waals surface area contributed by atoms with Crippen LogP contribution in [0.4, 0.5) is 5.00 Å². The van der Waals surface area contributed by atoms with Gasteiger partial charge in [-0.3, -0.25) is 0 Å². The van der Waals surface area contributed by atoms with Crippen molar-refractivity contribution in [1.82, 2.24) is 4.98 Å². The number of aryl methyl sites for hydroxylation is 1. The quantitative estimate of drug-likeness (QED) is 0.633. The number of methoxy groups -OCH3 is 1. The molecule has 84 valence electrons. The molecule has 0 fully saturated rings. The van der Waals surface area contributed by atoms with E-state index in [1.54, 1.807) is 7.11 Å². The van der Waals surface area contributed by atoms with Crippen LogP contribution in [0.5, 0.6) is 5.75 Å². The zero-order valence-electron chi connectivity index (χ0n) is 9.15. The third kappa shape index (κ3) is 2.00. The molecule has 1 heterocycles. The highest BCUT2D eigenvalue weighted by molar-refractivity contribution is 7.19. The lowest BCUT2D eigenvalue weighted by Crippen LogP contribution is -2.05. The van der Waals surface area contributed by atoms with Gasteiger partial charge in [0.15, 0.2) is 0 Å². The van der Waals surface area contributed by atoms with Gasteiger partial charge in [-0.05, 0) is 31.2 Å². The van der Waals surface area contributed by atoms with Crippen LogP contribution in [0.1, 0.15) is 5.69 Å². The van der Waals surface area contributed by atoms with E-state index in [9.17, 15) is 0 Å². The number of hydrogen-bond donors (Lipinski definition) is 2. The molecule has 1 aromatic heterocycles. The van der Waals surface area contributed by atoms with Gasteiger partial charge in [0.05, 0.1) is 12.8 Å². The van der Waals surface area contributed by atoms with Crippen molar-refractivity contribution >= 4 is 16.3 Å². The largest absolute Gasteiger partial charge is 0.497 e. The van der Waals surface area contributed by atoms with E-state index in [0.717, 1.165) is 27.0 Å². The zero-order chi connectivity index (χ0) is 11.5. The number of benzene rings is 1. The summed E-state index contributed by atoms with van der Waals surface area (Å²) < 4.78 is 5.11. The topological polar surface area (TPSA) is 60.2 Å². The molecule has 16 heavy (non-hydrogen) atoms. The third-order valence-corrected chi connectivity index (χ3v) is 3.40. The SMILES string of the molecule is COc1ccc(-c2nc(C)c(NN)s2)cc1. The van der Waals surface area contributed by atoms with Crippen LogP contribution in [0.2, 0.25) is 0 Å². The Balaban J connectivity index is 2.34. The molecule has 1 aromatic carbocycles. The Labute approximate surface area is 98.1 Å². The number of rotatable bonds is 3. The third-order valence-electron chi connectivity index (χ3n) is 2.26. The first-order chi connectivity index (χ1) is 7.74. The molecule has 0 atom stereocenters. The van der Waals surface area contributed by atoms with Crippen LogP contribution in [0.3, 0.4) is 0 Å². The van der Waals surface area contributed by atoms with E-state index in [1.807, 2.05) is 31.2 Å². The minimum Gasteiger partial charge on any atom is -0.497 e. The molecule has 0 aliphatic heterocycles. The van der Waals surface area contributed by atoms with Gasteiger partial charge in [-0.15, -0.1) is 0 Å². The molecule has 0 aliphatic rings. The van der Waals surface area contributed by atoms with Crippen LogP contribution in [0.25, 0.3) is 10.6 Å². The first kappa shape index (κ1) is 10.9. The Hall–Kier alpha value is -1.59. The van der Waals surface area contributed by atoms with E-state index in [-0.39, 0.29) is 0 Å². The number of thiazole rings is 1. The van der Waals surface area contributed by atoms with E-state index in [0.29, 0.717) is 0 Å². The van der Waals surface area contributed by atoms with Crippen molar-refractivity contribution in [1.29, 1.82) is 0 Å². The average Bonchev–Trinajstić information content (AvgIpc) is 2.71. The molecule has 0 radical (unpaired) electrons. The summed E-state index contributed by atoms with van der Waals surface area (Å²) in [7, 11) is 1.65. The first-order valence-electron chi connectivity index (χ1n) is 4.83. The molecule has 0 amide bonds. The molecule has 2 aromatic rings. The van der Waals surface area contributed by atoms with Crippen molar-refractivity contribution in [3.05, 3.63) is 30.0 Å². The second-order valence-corrected chi connectivity index (χ2v) is 4.31. The van der Waals surface area contributed by atoms with Gasteiger partial charge in [0.1, 0.15) is 15.8 Å². The highest BCUT2D eigenvalue weighted by Crippen LogP contribution is 2.31. The summed E-state index contributed by atoms with van der Waals surface area (Å²) >= 11 is 1.54. The van der Waals surface area contributed by atoms with Crippen LogP contribution in [0, 0.1) is 6.92 Å². The summed E-state index contributed by atoms with van der Waals surface area (Å²) in [5, 5.41) is 1.85. The second-order valence-electron chi connectivity index (χ2n) is 3.31. The molecule has 0 spiro atoms. The van der Waals surface area contributed by atoms with Crippen LogP contribution < -0.4 is 16.0 Å². The predicted molar refractivity (Wildman–Crippen MR) is 66.6 cm³/mol. The Kier molecular flexibility index (Phi) is 3.07. The number of ether oxygens (including phenoxy) is 1. The summed E-state index contributed by atoms with van der Waals surface area (Å²) in [4.78, 5) is 4.44. The normalized spacial score (nSPS) is 10.2. The van der Waals surface area contributed by atoms with Crippen LogP contribution in [-0.2, 0) is 0 Å². The molecule has 2 rings (SSSR count). The first-order valence-corrected chi connectivity index (χ1v) is 5.64. The fraction of sp³-hybridized carbons (Fsp3) is 0.182. The fourth-order valence-electron chi connectivity index (χ4n) is 1.39. The molecule has 0 saturated heterocycles. The van der Waals surface area contributed by atoms with Crippen LogP contribution in [-0.4, -0.2) is 12.1 Å². The van der Waals surface area contributed by atoms with Gasteiger partial charge in [-0.1, -0.05) is 11.3 Å². The van der Waals surface area contributed by atoms with E-state index in [4.69, 9.17) is 10.6 Å². The zero-order valence-corrected chi connectivity index (χ0v) is 9.97. The van der Waals surface area contributed by atoms with Crippen molar-refractivity contribution in [2.75, 3.05) is 12.5 Å². The molecular weight excluding hydrogens is 222 g/mol. The summed E-state index contributed by atoms with van der Waals surface area (Å²) in [6.45, 7) is 1.93. The van der Waals surface area contributed by atoms with Gasteiger partial charge < -0.3 is 10.2 Å². The van der Waals surface area contributed by atoms with Gasteiger partial charge in [0.25, 0.3) is 0 Å². The van der Waals surface area contributed by atoms with Crippen molar-refractivity contribution < 1.29 is 4.74 Å². The lowest BCUT2D eigenvalue weighted by Gasteiger charge is -1.99. The molecule has 5 heteroatoms. The van der Waals surface area contributed by atoms with Gasteiger partial charge >= 0.3 is 0 Å². The second kappa shape index (κ2) is 4.51. The van der Waals surface area contributed by atoms with Gasteiger partial charge in [0, 0.05) is 5.56 Å². The maximum atomic E-state index is 5.39. The van der Waals surface area contributed by atoms with Crippen molar-refractivity contribution in [3.8, 4) is 16.3 Å². The number of hydrogen-bond acceptors (Lipinski definition) is 5. The average molecular weight is 235 g/mol. The fourth-order valence-corrected chi connectivity index (χ4v) is 2.27. The Bertz CT molecular complexity index is 478. The smallest absolute Gasteiger partial charge is 0.126 e. The number of nitrogen functional groups attached to an aromatic ring is 1. The molecule has 0 saturated carbocycles. The number of nitrogens with one attached hydrogen (secondary N) is 1.